The van der Waals surface area contributed by atoms with E-state index in [1.807, 2.05) is 32.0 Å². The van der Waals surface area contributed by atoms with Crippen LogP contribution in [0.25, 0.3) is 0 Å². The zero-order valence-corrected chi connectivity index (χ0v) is 15.0. The van der Waals surface area contributed by atoms with Crippen molar-refractivity contribution in [2.75, 3.05) is 10.0 Å². The maximum absolute atomic E-state index is 12.9. The van der Waals surface area contributed by atoms with Crippen LogP contribution in [0.1, 0.15) is 11.1 Å². The van der Waals surface area contributed by atoms with Gasteiger partial charge in [-0.1, -0.05) is 12.1 Å². The highest BCUT2D eigenvalue weighted by atomic mass is 32.2. The topological polar surface area (TPSA) is 84.0 Å². The number of hydrogen-bond acceptors (Lipinski definition) is 5. The first kappa shape index (κ1) is 17.8. The molecular formula is C18H17FN4O2S. The third-order valence-electron chi connectivity index (χ3n) is 3.68. The van der Waals surface area contributed by atoms with Gasteiger partial charge in [0.1, 0.15) is 5.82 Å². The molecule has 0 radical (unpaired) electrons. The molecule has 1 aromatic heterocycles. The Morgan fingerprint density at radius 3 is 2.19 bits per heavy atom. The molecule has 6 nitrogen and oxygen atoms in total. The molecule has 1 heterocycles. The van der Waals surface area contributed by atoms with Gasteiger partial charge < -0.3 is 5.32 Å². The van der Waals surface area contributed by atoms with Gasteiger partial charge in [0.15, 0.2) is 11.6 Å². The quantitative estimate of drug-likeness (QED) is 0.712. The summed E-state index contributed by atoms with van der Waals surface area (Å²) in [5.74, 6) is 0.0508. The largest absolute Gasteiger partial charge is 0.339 e. The van der Waals surface area contributed by atoms with Crippen molar-refractivity contribution in [1.82, 2.24) is 10.2 Å². The number of aryl methyl sites for hydroxylation is 2. The third-order valence-corrected chi connectivity index (χ3v) is 5.05. The standard InChI is InChI=1S/C18H17FN4O2S/c1-12-3-4-13(2)16(11-12)20-17-9-10-18(22-21-17)23-26(24,25)15-7-5-14(19)6-8-15/h3-11H,1-2H3,(H,20,21)(H,22,23). The van der Waals surface area contributed by atoms with Gasteiger partial charge in [-0.15, -0.1) is 10.2 Å². The molecule has 0 amide bonds. The van der Waals surface area contributed by atoms with E-state index in [0.717, 1.165) is 28.9 Å². The molecule has 0 unspecified atom stereocenters. The van der Waals surface area contributed by atoms with Gasteiger partial charge in [-0.25, -0.2) is 12.8 Å². The molecule has 0 spiro atoms. The normalized spacial score (nSPS) is 11.2. The van der Waals surface area contributed by atoms with Crippen molar-refractivity contribution >= 4 is 27.3 Å². The van der Waals surface area contributed by atoms with Crippen LogP contribution in [0.3, 0.4) is 0 Å². The smallest absolute Gasteiger partial charge is 0.263 e. The van der Waals surface area contributed by atoms with Gasteiger partial charge in [-0.3, -0.25) is 4.72 Å². The summed E-state index contributed by atoms with van der Waals surface area (Å²) in [4.78, 5) is -0.0571. The van der Waals surface area contributed by atoms with Crippen LogP contribution < -0.4 is 10.0 Å². The maximum Gasteiger partial charge on any atom is 0.263 e. The highest BCUT2D eigenvalue weighted by molar-refractivity contribution is 7.92. The monoisotopic (exact) mass is 372 g/mol. The van der Waals surface area contributed by atoms with E-state index in [0.29, 0.717) is 5.82 Å². The van der Waals surface area contributed by atoms with E-state index < -0.39 is 15.8 Å². The summed E-state index contributed by atoms with van der Waals surface area (Å²) in [6.07, 6.45) is 0. The summed E-state index contributed by atoms with van der Waals surface area (Å²) in [7, 11) is -3.85. The molecule has 0 saturated heterocycles. The summed E-state index contributed by atoms with van der Waals surface area (Å²) in [5.41, 5.74) is 3.06. The third kappa shape index (κ3) is 4.15. The fourth-order valence-electron chi connectivity index (χ4n) is 2.27. The first-order valence-corrected chi connectivity index (χ1v) is 9.28. The Labute approximate surface area is 151 Å². The van der Waals surface area contributed by atoms with E-state index >= 15 is 0 Å². The number of anilines is 3. The number of rotatable bonds is 5. The number of halogens is 1. The molecule has 26 heavy (non-hydrogen) atoms. The van der Waals surface area contributed by atoms with E-state index in [1.165, 1.54) is 18.2 Å². The molecular weight excluding hydrogens is 355 g/mol. The summed E-state index contributed by atoms with van der Waals surface area (Å²) >= 11 is 0. The minimum absolute atomic E-state index is 0.0571. The van der Waals surface area contributed by atoms with Crippen molar-refractivity contribution in [3.63, 3.8) is 0 Å². The molecule has 3 rings (SSSR count). The number of nitrogens with one attached hydrogen (secondary N) is 2. The average molecular weight is 372 g/mol. The van der Waals surface area contributed by atoms with Crippen molar-refractivity contribution in [2.45, 2.75) is 18.7 Å². The summed E-state index contributed by atoms with van der Waals surface area (Å²) in [5, 5.41) is 11.0. The van der Waals surface area contributed by atoms with Crippen molar-refractivity contribution < 1.29 is 12.8 Å². The second kappa shape index (κ2) is 7.09. The van der Waals surface area contributed by atoms with Crippen LogP contribution in [0.15, 0.2) is 59.5 Å². The highest BCUT2D eigenvalue weighted by Gasteiger charge is 2.15. The first-order chi connectivity index (χ1) is 12.3. The van der Waals surface area contributed by atoms with Gasteiger partial charge >= 0.3 is 0 Å². The molecule has 0 aliphatic rings. The minimum atomic E-state index is -3.85. The van der Waals surface area contributed by atoms with E-state index in [9.17, 15) is 12.8 Å². The average Bonchev–Trinajstić information content (AvgIpc) is 2.60. The molecule has 0 bridgehead atoms. The van der Waals surface area contributed by atoms with Gasteiger partial charge in [0, 0.05) is 5.69 Å². The Hall–Kier alpha value is -3.00. The number of sulfonamides is 1. The molecule has 3 aromatic rings. The molecule has 0 fully saturated rings. The van der Waals surface area contributed by atoms with Crippen molar-refractivity contribution in [3.05, 3.63) is 71.5 Å². The first-order valence-electron chi connectivity index (χ1n) is 7.80. The van der Waals surface area contributed by atoms with E-state index in [-0.39, 0.29) is 10.7 Å². The Bertz CT molecular complexity index is 1020. The maximum atomic E-state index is 12.9. The number of hydrogen-bond donors (Lipinski definition) is 2. The van der Waals surface area contributed by atoms with Gasteiger partial charge in [0.05, 0.1) is 4.90 Å². The lowest BCUT2D eigenvalue weighted by Crippen LogP contribution is -2.14. The fourth-order valence-corrected chi connectivity index (χ4v) is 3.27. The summed E-state index contributed by atoms with van der Waals surface area (Å²) in [6, 6.07) is 13.6. The molecule has 134 valence electrons. The molecule has 8 heteroatoms. The SMILES string of the molecule is Cc1ccc(C)c(Nc2ccc(NS(=O)(=O)c3ccc(F)cc3)nn2)c1. The second-order valence-corrected chi connectivity index (χ2v) is 7.49. The predicted molar refractivity (Wildman–Crippen MR) is 98.4 cm³/mol. The Morgan fingerprint density at radius 1 is 0.885 bits per heavy atom. The highest BCUT2D eigenvalue weighted by Crippen LogP contribution is 2.21. The molecule has 2 aromatic carbocycles. The Kier molecular flexibility index (Phi) is 4.85. The molecule has 0 aliphatic carbocycles. The lowest BCUT2D eigenvalue weighted by Gasteiger charge is -2.10. The number of benzene rings is 2. The van der Waals surface area contributed by atoms with E-state index in [2.05, 4.69) is 20.2 Å². The van der Waals surface area contributed by atoms with Crippen molar-refractivity contribution in [1.29, 1.82) is 0 Å². The lowest BCUT2D eigenvalue weighted by atomic mass is 10.1. The zero-order chi connectivity index (χ0) is 18.7. The van der Waals surface area contributed by atoms with Crippen LogP contribution in [0.5, 0.6) is 0 Å². The summed E-state index contributed by atoms with van der Waals surface area (Å²) in [6.45, 7) is 3.96. The van der Waals surface area contributed by atoms with Crippen LogP contribution in [0.2, 0.25) is 0 Å². The molecule has 0 atom stereocenters. The van der Waals surface area contributed by atoms with Crippen LogP contribution in [0.4, 0.5) is 21.7 Å². The molecule has 0 saturated carbocycles. The number of nitrogens with zero attached hydrogens (tertiary/aromatic N) is 2. The fraction of sp³-hybridized carbons (Fsp3) is 0.111. The zero-order valence-electron chi connectivity index (χ0n) is 14.2. The van der Waals surface area contributed by atoms with Crippen LogP contribution >= 0.6 is 0 Å². The van der Waals surface area contributed by atoms with E-state index in [1.54, 1.807) is 6.07 Å². The van der Waals surface area contributed by atoms with Gasteiger partial charge in [0.25, 0.3) is 10.0 Å². The predicted octanol–water partition coefficient (Wildman–Crippen LogP) is 3.78. The molecule has 2 N–H and O–H groups in total. The van der Waals surface area contributed by atoms with Gasteiger partial charge in [-0.2, -0.15) is 0 Å². The molecule has 0 aliphatic heterocycles. The second-order valence-electron chi connectivity index (χ2n) is 5.81. The van der Waals surface area contributed by atoms with Crippen LogP contribution in [0, 0.1) is 19.7 Å². The van der Waals surface area contributed by atoms with Crippen molar-refractivity contribution in [3.8, 4) is 0 Å². The van der Waals surface area contributed by atoms with Crippen LogP contribution in [-0.4, -0.2) is 18.6 Å². The van der Waals surface area contributed by atoms with E-state index in [4.69, 9.17) is 0 Å². The Balaban J connectivity index is 1.75. The Morgan fingerprint density at radius 2 is 1.54 bits per heavy atom. The number of aromatic nitrogens is 2. The van der Waals surface area contributed by atoms with Crippen molar-refractivity contribution in [2.24, 2.45) is 0 Å². The van der Waals surface area contributed by atoms with Crippen LogP contribution in [-0.2, 0) is 10.0 Å². The van der Waals surface area contributed by atoms with Gasteiger partial charge in [0.2, 0.25) is 0 Å². The lowest BCUT2D eigenvalue weighted by molar-refractivity contribution is 0.599. The minimum Gasteiger partial charge on any atom is -0.339 e. The summed E-state index contributed by atoms with van der Waals surface area (Å²) < 4.78 is 39.8. The van der Waals surface area contributed by atoms with Gasteiger partial charge in [-0.05, 0) is 67.4 Å².